The van der Waals surface area contributed by atoms with E-state index in [0.717, 1.165) is 66.8 Å². The molecule has 0 amide bonds. The fourth-order valence-corrected chi connectivity index (χ4v) is 9.35. The summed E-state index contributed by atoms with van der Waals surface area (Å²) in [7, 11) is 0. The summed E-state index contributed by atoms with van der Waals surface area (Å²) in [6, 6.07) is 65.7. The summed E-state index contributed by atoms with van der Waals surface area (Å²) in [4.78, 5) is 5.76. The monoisotopic (exact) mass is 740 g/mol. The zero-order chi connectivity index (χ0) is 38.3. The Morgan fingerprint density at radius 1 is 0.483 bits per heavy atom. The third kappa shape index (κ3) is 5.10. The van der Waals surface area contributed by atoms with Crippen molar-refractivity contribution in [2.24, 2.45) is 4.99 Å². The van der Waals surface area contributed by atoms with Crippen LogP contribution in [0.5, 0.6) is 0 Å². The van der Waals surface area contributed by atoms with Gasteiger partial charge in [-0.1, -0.05) is 140 Å². The molecular weight excluding hydrogens is 705 g/mol. The number of hydrogen-bond acceptors (Lipinski definition) is 2. The molecule has 58 heavy (non-hydrogen) atoms. The molecule has 3 heteroatoms. The topological polar surface area (TPSA) is 30.4 Å². The van der Waals surface area contributed by atoms with Gasteiger partial charge in [-0.05, 0) is 98.4 Å². The van der Waals surface area contributed by atoms with Gasteiger partial charge in [0.25, 0.3) is 0 Å². The lowest BCUT2D eigenvalue weighted by atomic mass is 9.92. The maximum atomic E-state index is 6.76. The fraction of sp³-hybridized carbons (Fsp3) is 0.0364. The lowest BCUT2D eigenvalue weighted by Crippen LogP contribution is -2.04. The van der Waals surface area contributed by atoms with Gasteiger partial charge in [-0.25, -0.2) is 0 Å². The SMILES string of the molecule is CC1=C(c2ccc3ccccc3c2)N=C(c2cc(-n3c4ccccc4c4cc5ccccc5cc43)cc3oc4ccccc4c23)CC=C1c1ccc2ccccc2c1. The molecule has 3 nitrogen and oxygen atoms in total. The molecule has 0 radical (unpaired) electrons. The van der Waals surface area contributed by atoms with Crippen molar-refractivity contribution in [3.63, 3.8) is 0 Å². The molecule has 3 heterocycles. The number of furan rings is 1. The van der Waals surface area contributed by atoms with Gasteiger partial charge in [0.05, 0.1) is 28.1 Å². The number of aromatic nitrogens is 1. The van der Waals surface area contributed by atoms with Crippen LogP contribution in [-0.4, -0.2) is 10.3 Å². The van der Waals surface area contributed by atoms with Crippen molar-refractivity contribution in [3.8, 4) is 5.69 Å². The molecule has 0 fully saturated rings. The van der Waals surface area contributed by atoms with Crippen LogP contribution >= 0.6 is 0 Å². The molecule has 272 valence electrons. The van der Waals surface area contributed by atoms with Crippen molar-refractivity contribution < 1.29 is 4.42 Å². The molecular formula is C55H36N2O. The third-order valence-electron chi connectivity index (χ3n) is 12.2. The average molecular weight is 741 g/mol. The Bertz CT molecular complexity index is 3610. The van der Waals surface area contributed by atoms with Gasteiger partial charge in [0.15, 0.2) is 0 Å². The Kier molecular flexibility index (Phi) is 7.21. The minimum absolute atomic E-state index is 0.645. The highest BCUT2D eigenvalue weighted by Crippen LogP contribution is 2.42. The first kappa shape index (κ1) is 32.7. The van der Waals surface area contributed by atoms with Gasteiger partial charge in [0, 0.05) is 45.2 Å². The summed E-state index contributed by atoms with van der Waals surface area (Å²) in [5, 5.41) is 11.9. The predicted molar refractivity (Wildman–Crippen MR) is 245 cm³/mol. The molecule has 0 saturated heterocycles. The number of fused-ring (bicyclic) bond motifs is 9. The molecule has 11 aromatic rings. The molecule has 0 N–H and O–H groups in total. The second kappa shape index (κ2) is 12.8. The van der Waals surface area contributed by atoms with Crippen LogP contribution in [0.2, 0.25) is 0 Å². The van der Waals surface area contributed by atoms with E-state index in [9.17, 15) is 0 Å². The Morgan fingerprint density at radius 2 is 1.09 bits per heavy atom. The minimum Gasteiger partial charge on any atom is -0.456 e. The maximum absolute atomic E-state index is 6.76. The Hall–Kier alpha value is -7.49. The Labute approximate surface area is 335 Å². The zero-order valence-corrected chi connectivity index (χ0v) is 31.9. The highest BCUT2D eigenvalue weighted by molar-refractivity contribution is 6.22. The highest BCUT2D eigenvalue weighted by Gasteiger charge is 2.23. The molecule has 0 unspecified atom stereocenters. The van der Waals surface area contributed by atoms with Crippen molar-refractivity contribution >= 4 is 93.0 Å². The number of para-hydroxylation sites is 2. The van der Waals surface area contributed by atoms with Gasteiger partial charge in [-0.2, -0.15) is 0 Å². The highest BCUT2D eigenvalue weighted by atomic mass is 16.3. The summed E-state index contributed by atoms with van der Waals surface area (Å²) in [5.74, 6) is 0. The predicted octanol–water partition coefficient (Wildman–Crippen LogP) is 14.9. The number of nitrogens with zero attached hydrogens (tertiary/aromatic N) is 2. The molecule has 0 spiro atoms. The van der Waals surface area contributed by atoms with Crippen molar-refractivity contribution in [3.05, 3.63) is 210 Å². The van der Waals surface area contributed by atoms with Crippen LogP contribution in [0.4, 0.5) is 0 Å². The van der Waals surface area contributed by atoms with E-state index < -0.39 is 0 Å². The summed E-state index contributed by atoms with van der Waals surface area (Å²) < 4.78 is 9.17. The van der Waals surface area contributed by atoms with Crippen LogP contribution in [0.3, 0.4) is 0 Å². The van der Waals surface area contributed by atoms with E-state index in [1.807, 2.05) is 0 Å². The van der Waals surface area contributed by atoms with Gasteiger partial charge < -0.3 is 8.98 Å². The Balaban J connectivity index is 1.14. The summed E-state index contributed by atoms with van der Waals surface area (Å²) in [6.07, 6.45) is 3.03. The van der Waals surface area contributed by atoms with Crippen LogP contribution in [0.15, 0.2) is 203 Å². The second-order valence-electron chi connectivity index (χ2n) is 15.5. The molecule has 0 atom stereocenters. The molecule has 12 rings (SSSR count). The van der Waals surface area contributed by atoms with Crippen LogP contribution in [0.25, 0.3) is 93.0 Å². The normalized spacial score (nSPS) is 13.7. The van der Waals surface area contributed by atoms with Gasteiger partial charge in [-0.15, -0.1) is 0 Å². The molecule has 2 aromatic heterocycles. The lowest BCUT2D eigenvalue weighted by molar-refractivity contribution is 0.668. The molecule has 0 bridgehead atoms. The largest absolute Gasteiger partial charge is 0.456 e. The number of benzene rings is 9. The first-order chi connectivity index (χ1) is 28.6. The van der Waals surface area contributed by atoms with Crippen molar-refractivity contribution in [1.82, 2.24) is 4.57 Å². The fourth-order valence-electron chi connectivity index (χ4n) is 9.35. The lowest BCUT2D eigenvalue weighted by Gasteiger charge is -2.14. The van der Waals surface area contributed by atoms with Crippen LogP contribution in [0, 0.1) is 0 Å². The van der Waals surface area contributed by atoms with E-state index >= 15 is 0 Å². The number of allylic oxidation sites excluding steroid dienone is 3. The van der Waals surface area contributed by atoms with Gasteiger partial charge in [0.2, 0.25) is 0 Å². The van der Waals surface area contributed by atoms with E-state index in [-0.39, 0.29) is 0 Å². The van der Waals surface area contributed by atoms with Crippen molar-refractivity contribution in [2.75, 3.05) is 0 Å². The molecule has 1 aliphatic heterocycles. The molecule has 0 saturated carbocycles. The van der Waals surface area contributed by atoms with Crippen molar-refractivity contribution in [1.29, 1.82) is 0 Å². The Morgan fingerprint density at radius 3 is 1.84 bits per heavy atom. The molecule has 0 aliphatic carbocycles. The summed E-state index contributed by atoms with van der Waals surface area (Å²) in [5.41, 5.74) is 12.8. The van der Waals surface area contributed by atoms with Crippen LogP contribution in [-0.2, 0) is 0 Å². The van der Waals surface area contributed by atoms with E-state index in [1.165, 1.54) is 54.2 Å². The first-order valence-electron chi connectivity index (χ1n) is 20.0. The third-order valence-corrected chi connectivity index (χ3v) is 12.2. The van der Waals surface area contributed by atoms with Crippen LogP contribution in [0.1, 0.15) is 30.0 Å². The standard InChI is InChI=1S/C55H36N2O/c1-34-44(41-24-22-35-12-2-4-14-37(35)28-41)26-27-49(56-55(34)42-25-23-36-13-3-5-15-38(36)29-42)48-32-43(33-53-54(48)46-19-9-11-21-52(46)58-53)57-50-20-10-8-18-45(50)47-30-39-16-6-7-17-40(39)31-51(47)57/h2-26,28-33H,27H2,1H3. The zero-order valence-electron chi connectivity index (χ0n) is 31.9. The van der Waals surface area contributed by atoms with Gasteiger partial charge in [-0.3, -0.25) is 4.99 Å². The molecule has 9 aromatic carbocycles. The average Bonchev–Trinajstić information content (AvgIpc) is 3.75. The van der Waals surface area contributed by atoms with Gasteiger partial charge in [0.1, 0.15) is 11.2 Å². The van der Waals surface area contributed by atoms with E-state index in [2.05, 4.69) is 200 Å². The quantitative estimate of drug-likeness (QED) is 0.177. The number of rotatable bonds is 4. The van der Waals surface area contributed by atoms with E-state index in [0.29, 0.717) is 6.42 Å². The number of aliphatic imine (C=N–C) groups is 1. The smallest absolute Gasteiger partial charge is 0.138 e. The first-order valence-corrected chi connectivity index (χ1v) is 20.0. The minimum atomic E-state index is 0.645. The summed E-state index contributed by atoms with van der Waals surface area (Å²) >= 11 is 0. The van der Waals surface area contributed by atoms with Crippen molar-refractivity contribution in [2.45, 2.75) is 13.3 Å². The van der Waals surface area contributed by atoms with Crippen LogP contribution < -0.4 is 0 Å². The van der Waals surface area contributed by atoms with E-state index in [4.69, 9.17) is 9.41 Å². The van der Waals surface area contributed by atoms with E-state index in [1.54, 1.807) is 0 Å². The second-order valence-corrected chi connectivity index (χ2v) is 15.5. The summed E-state index contributed by atoms with van der Waals surface area (Å²) in [6.45, 7) is 2.24. The molecule has 1 aliphatic rings. The maximum Gasteiger partial charge on any atom is 0.138 e. The number of hydrogen-bond donors (Lipinski definition) is 0. The van der Waals surface area contributed by atoms with Gasteiger partial charge >= 0.3 is 0 Å².